The summed E-state index contributed by atoms with van der Waals surface area (Å²) in [5, 5.41) is 5.17. The molecule has 2 rings (SSSR count). The molecule has 0 fully saturated rings. The molecule has 0 saturated carbocycles. The van der Waals surface area contributed by atoms with Gasteiger partial charge in [0, 0.05) is 14.7 Å². The van der Waals surface area contributed by atoms with E-state index in [4.69, 9.17) is 17.3 Å². The Morgan fingerprint density at radius 3 is 2.94 bits per heavy atom. The summed E-state index contributed by atoms with van der Waals surface area (Å²) >= 11 is 10.8. The lowest BCUT2D eigenvalue weighted by Gasteiger charge is -2.07. The first kappa shape index (κ1) is 13.4. The Labute approximate surface area is 122 Å². The van der Waals surface area contributed by atoms with Gasteiger partial charge in [-0.3, -0.25) is 4.79 Å². The molecule has 0 saturated heterocycles. The topological polar surface area (TPSA) is 55.1 Å². The zero-order valence-corrected chi connectivity index (χ0v) is 12.4. The van der Waals surface area contributed by atoms with Crippen LogP contribution in [0.4, 0.5) is 5.69 Å². The molecule has 1 aromatic heterocycles. The largest absolute Gasteiger partial charge is 0.397 e. The fourth-order valence-corrected chi connectivity index (χ4v) is 3.01. The van der Waals surface area contributed by atoms with Crippen molar-refractivity contribution in [3.05, 3.63) is 49.6 Å². The number of para-hydroxylation sites is 1. The molecule has 18 heavy (non-hydrogen) atoms. The van der Waals surface area contributed by atoms with Crippen LogP contribution in [0.3, 0.4) is 0 Å². The summed E-state index contributed by atoms with van der Waals surface area (Å²) < 4.78 is 1.01. The number of benzene rings is 1. The number of nitrogens with two attached hydrogens (primary N) is 1. The molecule has 0 atom stereocenters. The fraction of sp³-hybridized carbons (Fsp3) is 0.0833. The van der Waals surface area contributed by atoms with Crippen LogP contribution in [0.15, 0.2) is 34.1 Å². The Balaban J connectivity index is 2.06. The molecule has 1 aromatic carbocycles. The molecule has 0 aliphatic heterocycles. The van der Waals surface area contributed by atoms with Crippen LogP contribution in [0.1, 0.15) is 15.2 Å². The van der Waals surface area contributed by atoms with Crippen LogP contribution in [0, 0.1) is 0 Å². The number of anilines is 1. The Morgan fingerprint density at radius 1 is 1.50 bits per heavy atom. The van der Waals surface area contributed by atoms with Gasteiger partial charge in [0.05, 0.1) is 22.8 Å². The number of carbonyl (C=O) groups excluding carboxylic acids is 1. The molecule has 0 aliphatic rings. The third-order valence-corrected chi connectivity index (χ3v) is 4.37. The van der Waals surface area contributed by atoms with Crippen molar-refractivity contribution in [2.75, 3.05) is 5.73 Å². The van der Waals surface area contributed by atoms with Gasteiger partial charge < -0.3 is 11.1 Å². The van der Waals surface area contributed by atoms with E-state index >= 15 is 0 Å². The minimum absolute atomic E-state index is 0.223. The van der Waals surface area contributed by atoms with Gasteiger partial charge in [-0.25, -0.2) is 0 Å². The quantitative estimate of drug-likeness (QED) is 0.834. The van der Waals surface area contributed by atoms with Gasteiger partial charge in [-0.15, -0.1) is 11.3 Å². The van der Waals surface area contributed by atoms with Crippen LogP contribution >= 0.6 is 38.9 Å². The van der Waals surface area contributed by atoms with Crippen LogP contribution in [0.25, 0.3) is 0 Å². The number of thiophene rings is 1. The summed E-state index contributed by atoms with van der Waals surface area (Å²) in [4.78, 5) is 13.0. The lowest BCUT2D eigenvalue weighted by atomic mass is 10.1. The van der Waals surface area contributed by atoms with Gasteiger partial charge in [-0.2, -0.15) is 0 Å². The first-order chi connectivity index (χ1) is 8.58. The van der Waals surface area contributed by atoms with E-state index in [0.717, 1.165) is 9.35 Å². The SMILES string of the molecule is Nc1c(Cl)cccc1C(=O)NCc1cc(Br)cs1. The lowest BCUT2D eigenvalue weighted by Crippen LogP contribution is -2.23. The Kier molecular flexibility index (Phi) is 4.27. The van der Waals surface area contributed by atoms with Crippen LogP contribution in [-0.2, 0) is 6.54 Å². The summed E-state index contributed by atoms with van der Waals surface area (Å²) in [5.41, 5.74) is 6.47. The number of halogens is 2. The maximum atomic E-state index is 11.9. The van der Waals surface area contributed by atoms with Gasteiger partial charge in [0.1, 0.15) is 0 Å². The second-order valence-corrected chi connectivity index (χ2v) is 5.93. The lowest BCUT2D eigenvalue weighted by molar-refractivity contribution is 0.0952. The number of hydrogen-bond acceptors (Lipinski definition) is 3. The van der Waals surface area contributed by atoms with Crippen molar-refractivity contribution in [1.29, 1.82) is 0 Å². The molecule has 3 nitrogen and oxygen atoms in total. The number of amides is 1. The van der Waals surface area contributed by atoms with E-state index in [9.17, 15) is 4.79 Å². The van der Waals surface area contributed by atoms with Gasteiger partial charge in [-0.05, 0) is 34.1 Å². The molecule has 1 amide bonds. The van der Waals surface area contributed by atoms with Crippen LogP contribution in [-0.4, -0.2) is 5.91 Å². The first-order valence-electron chi connectivity index (χ1n) is 5.13. The van der Waals surface area contributed by atoms with E-state index in [1.54, 1.807) is 29.5 Å². The minimum atomic E-state index is -0.223. The van der Waals surface area contributed by atoms with Crippen molar-refractivity contribution >= 4 is 50.5 Å². The van der Waals surface area contributed by atoms with Crippen molar-refractivity contribution < 1.29 is 4.79 Å². The highest BCUT2D eigenvalue weighted by Crippen LogP contribution is 2.23. The molecule has 0 spiro atoms. The molecule has 0 unspecified atom stereocenters. The third-order valence-electron chi connectivity index (χ3n) is 2.34. The number of nitrogen functional groups attached to an aromatic ring is 1. The normalized spacial score (nSPS) is 10.3. The predicted octanol–water partition coefficient (Wildman–Crippen LogP) is 3.68. The second-order valence-electron chi connectivity index (χ2n) is 3.61. The van der Waals surface area contributed by atoms with E-state index in [1.807, 2.05) is 11.4 Å². The highest BCUT2D eigenvalue weighted by atomic mass is 79.9. The molecular weight excluding hydrogens is 336 g/mol. The van der Waals surface area contributed by atoms with Crippen LogP contribution < -0.4 is 11.1 Å². The predicted molar refractivity (Wildman–Crippen MR) is 79.1 cm³/mol. The average molecular weight is 346 g/mol. The fourth-order valence-electron chi connectivity index (χ4n) is 1.44. The van der Waals surface area contributed by atoms with Gasteiger partial charge >= 0.3 is 0 Å². The molecule has 6 heteroatoms. The Bertz CT molecular complexity index is 585. The van der Waals surface area contributed by atoms with E-state index in [0.29, 0.717) is 22.8 Å². The summed E-state index contributed by atoms with van der Waals surface area (Å²) in [6.07, 6.45) is 0. The van der Waals surface area contributed by atoms with E-state index < -0.39 is 0 Å². The molecule has 3 N–H and O–H groups in total. The van der Waals surface area contributed by atoms with Crippen molar-refractivity contribution in [2.45, 2.75) is 6.54 Å². The summed E-state index contributed by atoms with van der Waals surface area (Å²) in [7, 11) is 0. The number of hydrogen-bond donors (Lipinski definition) is 2. The summed E-state index contributed by atoms with van der Waals surface area (Å²) in [5.74, 6) is -0.223. The van der Waals surface area contributed by atoms with Crippen molar-refractivity contribution in [1.82, 2.24) is 5.32 Å². The van der Waals surface area contributed by atoms with Gasteiger partial charge in [0.2, 0.25) is 0 Å². The van der Waals surface area contributed by atoms with Crippen LogP contribution in [0.5, 0.6) is 0 Å². The summed E-state index contributed by atoms with van der Waals surface area (Å²) in [6, 6.07) is 6.98. The minimum Gasteiger partial charge on any atom is -0.397 e. The smallest absolute Gasteiger partial charge is 0.253 e. The molecule has 0 aliphatic carbocycles. The molecule has 94 valence electrons. The van der Waals surface area contributed by atoms with Crippen molar-refractivity contribution in [3.8, 4) is 0 Å². The first-order valence-corrected chi connectivity index (χ1v) is 7.18. The van der Waals surface area contributed by atoms with Crippen molar-refractivity contribution in [2.24, 2.45) is 0 Å². The molecule has 2 aromatic rings. The van der Waals surface area contributed by atoms with E-state index in [1.165, 1.54) is 0 Å². The molecule has 1 heterocycles. The third kappa shape index (κ3) is 3.04. The molecule has 0 radical (unpaired) electrons. The second kappa shape index (κ2) is 5.73. The zero-order valence-electron chi connectivity index (χ0n) is 9.24. The monoisotopic (exact) mass is 344 g/mol. The van der Waals surface area contributed by atoms with Crippen LogP contribution in [0.2, 0.25) is 5.02 Å². The van der Waals surface area contributed by atoms with Gasteiger partial charge in [0.15, 0.2) is 0 Å². The van der Waals surface area contributed by atoms with E-state index in [-0.39, 0.29) is 5.91 Å². The number of carbonyl (C=O) groups is 1. The average Bonchev–Trinajstić information content (AvgIpc) is 2.76. The number of nitrogens with one attached hydrogen (secondary N) is 1. The molecular formula is C12H10BrClN2OS. The van der Waals surface area contributed by atoms with Gasteiger partial charge in [-0.1, -0.05) is 17.7 Å². The standard InChI is InChI=1S/C12H10BrClN2OS/c13-7-4-8(18-6-7)5-16-12(17)9-2-1-3-10(14)11(9)15/h1-4,6H,5,15H2,(H,16,17). The molecule has 0 bridgehead atoms. The highest BCUT2D eigenvalue weighted by molar-refractivity contribution is 9.10. The van der Waals surface area contributed by atoms with E-state index in [2.05, 4.69) is 21.2 Å². The highest BCUT2D eigenvalue weighted by Gasteiger charge is 2.11. The Morgan fingerprint density at radius 2 is 2.28 bits per heavy atom. The zero-order chi connectivity index (χ0) is 13.1. The Hall–Kier alpha value is -1.04. The summed E-state index contributed by atoms with van der Waals surface area (Å²) in [6.45, 7) is 0.473. The number of rotatable bonds is 3. The maximum absolute atomic E-state index is 11.9. The maximum Gasteiger partial charge on any atom is 0.253 e. The van der Waals surface area contributed by atoms with Gasteiger partial charge in [0.25, 0.3) is 5.91 Å². The van der Waals surface area contributed by atoms with Crippen molar-refractivity contribution in [3.63, 3.8) is 0 Å².